The Balaban J connectivity index is 1.45. The standard InChI is InChI=1S/C18H17FN2OS/c19-14-7-8-16-15(12-14)20-10-11-21(18(20)23-16)17(22)9-6-13-4-2-1-3-5-13/h1-5,7-8,10-12,17-18,22H,6,9H2. The first-order valence-corrected chi connectivity index (χ1v) is 8.53. The third kappa shape index (κ3) is 2.71. The monoisotopic (exact) mass is 328 g/mol. The zero-order valence-electron chi connectivity index (χ0n) is 12.5. The minimum absolute atomic E-state index is 0.0300. The second-order valence-corrected chi connectivity index (χ2v) is 6.81. The number of rotatable bonds is 4. The normalized spacial score (nSPS) is 19.8. The average Bonchev–Trinajstić information content (AvgIpc) is 3.13. The molecule has 0 saturated heterocycles. The van der Waals surface area contributed by atoms with Crippen molar-refractivity contribution in [2.75, 3.05) is 4.90 Å². The summed E-state index contributed by atoms with van der Waals surface area (Å²) in [6, 6.07) is 15.0. The zero-order chi connectivity index (χ0) is 15.8. The first kappa shape index (κ1) is 14.6. The number of anilines is 1. The van der Waals surface area contributed by atoms with E-state index in [2.05, 4.69) is 12.1 Å². The van der Waals surface area contributed by atoms with Crippen LogP contribution in [0.5, 0.6) is 0 Å². The SMILES string of the molecule is OC(CCc1ccccc1)N1C=CN2c3cc(F)ccc3SC21. The molecule has 2 heterocycles. The third-order valence-corrected chi connectivity index (χ3v) is 5.48. The van der Waals surface area contributed by atoms with Crippen LogP contribution in [0.15, 0.2) is 65.8 Å². The van der Waals surface area contributed by atoms with Gasteiger partial charge in [0.2, 0.25) is 0 Å². The molecule has 2 atom stereocenters. The van der Waals surface area contributed by atoms with Gasteiger partial charge in [-0.3, -0.25) is 0 Å². The summed E-state index contributed by atoms with van der Waals surface area (Å²) >= 11 is 1.64. The van der Waals surface area contributed by atoms with Gasteiger partial charge in [0.25, 0.3) is 0 Å². The maximum atomic E-state index is 13.5. The van der Waals surface area contributed by atoms with Crippen LogP contribution in [0.1, 0.15) is 12.0 Å². The zero-order valence-corrected chi connectivity index (χ0v) is 13.3. The molecule has 0 aliphatic carbocycles. The van der Waals surface area contributed by atoms with Gasteiger partial charge in [0, 0.05) is 17.3 Å². The second-order valence-electron chi connectivity index (χ2n) is 5.71. The maximum Gasteiger partial charge on any atom is 0.160 e. The van der Waals surface area contributed by atoms with Gasteiger partial charge in [-0.25, -0.2) is 4.39 Å². The highest BCUT2D eigenvalue weighted by atomic mass is 32.2. The van der Waals surface area contributed by atoms with E-state index < -0.39 is 6.23 Å². The van der Waals surface area contributed by atoms with Crippen molar-refractivity contribution in [1.29, 1.82) is 0 Å². The van der Waals surface area contributed by atoms with Crippen LogP contribution in [0, 0.1) is 5.82 Å². The summed E-state index contributed by atoms with van der Waals surface area (Å²) in [6.45, 7) is 0. The quantitative estimate of drug-likeness (QED) is 0.924. The molecule has 23 heavy (non-hydrogen) atoms. The Labute approximate surface area is 139 Å². The Morgan fingerprint density at radius 3 is 2.78 bits per heavy atom. The molecule has 0 fully saturated rings. The molecule has 2 unspecified atom stereocenters. The van der Waals surface area contributed by atoms with Crippen LogP contribution in [0.25, 0.3) is 0 Å². The third-order valence-electron chi connectivity index (χ3n) is 4.20. The minimum atomic E-state index is -0.562. The van der Waals surface area contributed by atoms with Crippen LogP contribution >= 0.6 is 11.8 Å². The number of aliphatic hydroxyl groups is 1. The van der Waals surface area contributed by atoms with Crippen molar-refractivity contribution in [2.45, 2.75) is 29.5 Å². The van der Waals surface area contributed by atoms with Crippen LogP contribution in [0.2, 0.25) is 0 Å². The Kier molecular flexibility index (Phi) is 3.75. The molecule has 0 aromatic heterocycles. The van der Waals surface area contributed by atoms with Gasteiger partial charge in [-0.2, -0.15) is 0 Å². The molecule has 2 aromatic carbocycles. The van der Waals surface area contributed by atoms with Gasteiger partial charge >= 0.3 is 0 Å². The van der Waals surface area contributed by atoms with Gasteiger partial charge in [0.15, 0.2) is 5.50 Å². The maximum absolute atomic E-state index is 13.5. The molecule has 1 N–H and O–H groups in total. The number of nitrogens with zero attached hydrogens (tertiary/aromatic N) is 2. The molecule has 0 spiro atoms. The van der Waals surface area contributed by atoms with E-state index in [0.717, 1.165) is 17.0 Å². The highest BCUT2D eigenvalue weighted by Gasteiger charge is 2.38. The van der Waals surface area contributed by atoms with Crippen molar-refractivity contribution >= 4 is 17.4 Å². The van der Waals surface area contributed by atoms with E-state index >= 15 is 0 Å². The number of aliphatic hydroxyl groups excluding tert-OH is 1. The van der Waals surface area contributed by atoms with E-state index in [4.69, 9.17) is 0 Å². The molecule has 0 bridgehead atoms. The molecule has 4 rings (SSSR count). The lowest BCUT2D eigenvalue weighted by molar-refractivity contribution is 0.0310. The smallest absolute Gasteiger partial charge is 0.160 e. The molecule has 0 saturated carbocycles. The largest absolute Gasteiger partial charge is 0.374 e. The molecule has 0 radical (unpaired) electrons. The lowest BCUT2D eigenvalue weighted by atomic mass is 10.1. The fraction of sp³-hybridized carbons (Fsp3) is 0.222. The molecule has 3 nitrogen and oxygen atoms in total. The van der Waals surface area contributed by atoms with Crippen molar-refractivity contribution in [2.24, 2.45) is 0 Å². The summed E-state index contributed by atoms with van der Waals surface area (Å²) in [7, 11) is 0. The number of hydrogen-bond donors (Lipinski definition) is 1. The Morgan fingerprint density at radius 1 is 1.13 bits per heavy atom. The van der Waals surface area contributed by atoms with Gasteiger partial charge in [0.05, 0.1) is 5.69 Å². The average molecular weight is 328 g/mol. The summed E-state index contributed by atoms with van der Waals surface area (Å²) in [6.07, 6.45) is 4.72. The highest BCUT2D eigenvalue weighted by molar-refractivity contribution is 8.00. The van der Waals surface area contributed by atoms with Crippen molar-refractivity contribution in [3.8, 4) is 0 Å². The van der Waals surface area contributed by atoms with Gasteiger partial charge in [-0.15, -0.1) is 0 Å². The van der Waals surface area contributed by atoms with Crippen molar-refractivity contribution in [3.63, 3.8) is 0 Å². The summed E-state index contributed by atoms with van der Waals surface area (Å²) in [5, 5.41) is 10.6. The van der Waals surface area contributed by atoms with E-state index in [1.165, 1.54) is 11.6 Å². The van der Waals surface area contributed by atoms with Gasteiger partial charge < -0.3 is 14.9 Å². The molecule has 5 heteroatoms. The lowest BCUT2D eigenvalue weighted by Crippen LogP contribution is -2.40. The summed E-state index contributed by atoms with van der Waals surface area (Å²) in [5.41, 5.74) is 2.06. The molecular weight excluding hydrogens is 311 g/mol. The summed E-state index contributed by atoms with van der Waals surface area (Å²) in [4.78, 5) is 4.99. The second kappa shape index (κ2) is 5.91. The minimum Gasteiger partial charge on any atom is -0.374 e. The van der Waals surface area contributed by atoms with E-state index in [9.17, 15) is 9.50 Å². The first-order valence-electron chi connectivity index (χ1n) is 7.65. The molecule has 2 aromatic rings. The van der Waals surface area contributed by atoms with E-state index in [0.29, 0.717) is 6.42 Å². The van der Waals surface area contributed by atoms with Crippen molar-refractivity contribution in [3.05, 3.63) is 72.3 Å². The molecule has 0 amide bonds. The Bertz CT molecular complexity index is 737. The first-order chi connectivity index (χ1) is 11.2. The molecule has 2 aliphatic heterocycles. The Hall–Kier alpha value is -1.98. The van der Waals surface area contributed by atoms with Crippen LogP contribution in [-0.2, 0) is 6.42 Å². The van der Waals surface area contributed by atoms with Gasteiger partial charge in [-0.1, -0.05) is 42.1 Å². The number of fused-ring (bicyclic) bond motifs is 3. The predicted octanol–water partition coefficient (Wildman–Crippen LogP) is 3.76. The fourth-order valence-corrected chi connectivity index (χ4v) is 4.29. The summed E-state index contributed by atoms with van der Waals surface area (Å²) in [5.74, 6) is -0.235. The Morgan fingerprint density at radius 2 is 1.96 bits per heavy atom. The van der Waals surface area contributed by atoms with Crippen molar-refractivity contribution in [1.82, 2.24) is 4.90 Å². The summed E-state index contributed by atoms with van der Waals surface area (Å²) < 4.78 is 13.5. The topological polar surface area (TPSA) is 26.7 Å². The number of thioether (sulfide) groups is 1. The van der Waals surface area contributed by atoms with Crippen LogP contribution in [0.4, 0.5) is 10.1 Å². The van der Waals surface area contributed by atoms with Crippen molar-refractivity contribution < 1.29 is 9.50 Å². The predicted molar refractivity (Wildman–Crippen MR) is 90.3 cm³/mol. The highest BCUT2D eigenvalue weighted by Crippen LogP contribution is 2.47. The van der Waals surface area contributed by atoms with Crippen LogP contribution in [-0.4, -0.2) is 21.7 Å². The van der Waals surface area contributed by atoms with E-state index in [1.807, 2.05) is 40.4 Å². The van der Waals surface area contributed by atoms with E-state index in [-0.39, 0.29) is 11.3 Å². The van der Waals surface area contributed by atoms with E-state index in [1.54, 1.807) is 23.9 Å². The van der Waals surface area contributed by atoms with Crippen LogP contribution < -0.4 is 4.90 Å². The number of benzene rings is 2. The molecule has 118 valence electrons. The fourth-order valence-electron chi connectivity index (χ4n) is 3.00. The number of hydrogen-bond acceptors (Lipinski definition) is 4. The van der Waals surface area contributed by atoms with Gasteiger partial charge in [-0.05, 0) is 36.6 Å². The van der Waals surface area contributed by atoms with Crippen LogP contribution in [0.3, 0.4) is 0 Å². The number of aryl methyl sites for hydroxylation is 1. The van der Waals surface area contributed by atoms with Gasteiger partial charge in [0.1, 0.15) is 12.0 Å². The lowest BCUT2D eigenvalue weighted by Gasteiger charge is -2.30. The molecule has 2 aliphatic rings. The number of halogens is 1. The molecular formula is C18H17FN2OS.